The van der Waals surface area contributed by atoms with Crippen LogP contribution in [0.15, 0.2) is 0 Å². The molecular formula is C13H24N2O2. The Hall–Kier alpha value is -0.630. The first-order valence-electron chi connectivity index (χ1n) is 6.24. The Kier molecular flexibility index (Phi) is 4.54. The lowest BCUT2D eigenvalue weighted by atomic mass is 9.80. The van der Waals surface area contributed by atoms with Crippen LogP contribution in [0.1, 0.15) is 47.0 Å². The third-order valence-corrected chi connectivity index (χ3v) is 3.37. The van der Waals surface area contributed by atoms with Gasteiger partial charge in [0, 0.05) is 17.5 Å². The van der Waals surface area contributed by atoms with Gasteiger partial charge < -0.3 is 14.8 Å². The van der Waals surface area contributed by atoms with Crippen molar-refractivity contribution >= 4 is 0 Å². The molecule has 0 aromatic rings. The van der Waals surface area contributed by atoms with E-state index in [9.17, 15) is 5.21 Å². The van der Waals surface area contributed by atoms with Gasteiger partial charge in [0.2, 0.25) is 6.54 Å². The maximum absolute atomic E-state index is 10.1. The fourth-order valence-corrected chi connectivity index (χ4v) is 2.69. The first kappa shape index (κ1) is 14.4. The molecule has 0 amide bonds. The zero-order chi connectivity index (χ0) is 13.1. The molecule has 0 aliphatic carbocycles. The predicted octanol–water partition coefficient (Wildman–Crippen LogP) is 2.72. The molecule has 1 saturated heterocycles. The molecule has 0 bridgehead atoms. The Morgan fingerprint density at radius 1 is 1.29 bits per heavy atom. The first-order valence-corrected chi connectivity index (χ1v) is 6.24. The third-order valence-electron chi connectivity index (χ3n) is 3.37. The average Bonchev–Trinajstić information content (AvgIpc) is 2.20. The molecule has 4 nitrogen and oxygen atoms in total. The van der Waals surface area contributed by atoms with Gasteiger partial charge in [-0.1, -0.05) is 0 Å². The second kappa shape index (κ2) is 5.34. The van der Waals surface area contributed by atoms with E-state index >= 15 is 0 Å². The van der Waals surface area contributed by atoms with E-state index in [4.69, 9.17) is 11.3 Å². The van der Waals surface area contributed by atoms with Crippen LogP contribution in [0.25, 0.3) is 4.85 Å². The van der Waals surface area contributed by atoms with Gasteiger partial charge in [0.15, 0.2) is 0 Å². The zero-order valence-corrected chi connectivity index (χ0v) is 11.4. The van der Waals surface area contributed by atoms with Crippen molar-refractivity contribution in [1.82, 2.24) is 5.06 Å². The smallest absolute Gasteiger partial charge is 0.216 e. The molecular weight excluding hydrogens is 216 g/mol. The second-order valence-electron chi connectivity index (χ2n) is 6.07. The van der Waals surface area contributed by atoms with Crippen LogP contribution in [-0.2, 0) is 4.74 Å². The fourth-order valence-electron chi connectivity index (χ4n) is 2.69. The van der Waals surface area contributed by atoms with Crippen molar-refractivity contribution in [3.8, 4) is 0 Å². The van der Waals surface area contributed by atoms with Crippen LogP contribution >= 0.6 is 0 Å². The molecule has 1 aliphatic rings. The molecule has 1 heterocycles. The van der Waals surface area contributed by atoms with Crippen LogP contribution in [0.2, 0.25) is 0 Å². The highest BCUT2D eigenvalue weighted by Gasteiger charge is 2.45. The molecule has 1 N–H and O–H groups in total. The summed E-state index contributed by atoms with van der Waals surface area (Å²) in [5.74, 6) is 0. The summed E-state index contributed by atoms with van der Waals surface area (Å²) in [4.78, 5) is 3.31. The Bertz CT molecular complexity index is 276. The lowest BCUT2D eigenvalue weighted by molar-refractivity contribution is -0.261. The summed E-state index contributed by atoms with van der Waals surface area (Å²) in [6.07, 6.45) is 2.62. The molecule has 1 fully saturated rings. The molecule has 1 aliphatic heterocycles. The minimum atomic E-state index is -0.258. The van der Waals surface area contributed by atoms with E-state index in [2.05, 4.69) is 4.85 Å². The normalized spacial score (nSPS) is 24.5. The van der Waals surface area contributed by atoms with Gasteiger partial charge in [-0.2, -0.15) is 5.06 Å². The summed E-state index contributed by atoms with van der Waals surface area (Å²) >= 11 is 0. The topological polar surface area (TPSA) is 37.1 Å². The van der Waals surface area contributed by atoms with Crippen LogP contribution in [0, 0.1) is 6.57 Å². The van der Waals surface area contributed by atoms with E-state index in [-0.39, 0.29) is 17.2 Å². The monoisotopic (exact) mass is 240 g/mol. The maximum Gasteiger partial charge on any atom is 0.216 e. The molecule has 0 aromatic carbocycles. The van der Waals surface area contributed by atoms with Crippen LogP contribution in [0.4, 0.5) is 0 Å². The molecule has 4 heteroatoms. The van der Waals surface area contributed by atoms with Crippen molar-refractivity contribution in [2.75, 3.05) is 13.2 Å². The molecule has 17 heavy (non-hydrogen) atoms. The van der Waals surface area contributed by atoms with Gasteiger partial charge in [-0.25, -0.2) is 6.57 Å². The number of hydrogen-bond acceptors (Lipinski definition) is 3. The van der Waals surface area contributed by atoms with E-state index in [1.54, 1.807) is 0 Å². The van der Waals surface area contributed by atoms with E-state index in [0.29, 0.717) is 13.2 Å². The highest BCUT2D eigenvalue weighted by molar-refractivity contribution is 4.96. The van der Waals surface area contributed by atoms with E-state index in [1.807, 2.05) is 27.7 Å². The van der Waals surface area contributed by atoms with Gasteiger partial charge in [0.25, 0.3) is 0 Å². The molecule has 0 atom stereocenters. The Balaban J connectivity index is 2.51. The van der Waals surface area contributed by atoms with Crippen LogP contribution in [0.3, 0.4) is 0 Å². The van der Waals surface area contributed by atoms with Gasteiger partial charge in [-0.15, -0.1) is 0 Å². The van der Waals surface area contributed by atoms with Crippen molar-refractivity contribution in [2.24, 2.45) is 0 Å². The summed E-state index contributed by atoms with van der Waals surface area (Å²) in [5, 5.41) is 11.6. The summed E-state index contributed by atoms with van der Waals surface area (Å²) in [6.45, 7) is 16.0. The molecule has 0 aromatic heterocycles. The van der Waals surface area contributed by atoms with Gasteiger partial charge in [-0.3, -0.25) is 0 Å². The highest BCUT2D eigenvalue weighted by Crippen LogP contribution is 2.37. The van der Waals surface area contributed by atoms with E-state index in [1.165, 1.54) is 5.06 Å². The molecule has 0 saturated carbocycles. The van der Waals surface area contributed by atoms with E-state index < -0.39 is 0 Å². The SMILES string of the molecule is [C-]#[N+]CCCOC1CC(C)(C)N(O)C(C)(C)C1. The van der Waals surface area contributed by atoms with Crippen molar-refractivity contribution in [2.45, 2.75) is 64.1 Å². The number of piperidine rings is 1. The molecule has 1 rings (SSSR count). The number of ether oxygens (including phenoxy) is 1. The average molecular weight is 240 g/mol. The fraction of sp³-hybridized carbons (Fsp3) is 0.923. The minimum Gasteiger partial charge on any atom is -0.378 e. The van der Waals surface area contributed by atoms with Crippen LogP contribution in [-0.4, -0.2) is 40.6 Å². The van der Waals surface area contributed by atoms with Crippen molar-refractivity contribution in [3.05, 3.63) is 11.4 Å². The Labute approximate surface area is 104 Å². The second-order valence-corrected chi connectivity index (χ2v) is 6.07. The highest BCUT2D eigenvalue weighted by atomic mass is 16.5. The quantitative estimate of drug-likeness (QED) is 0.606. The predicted molar refractivity (Wildman–Crippen MR) is 66.8 cm³/mol. The van der Waals surface area contributed by atoms with Gasteiger partial charge in [-0.05, 0) is 40.5 Å². The Morgan fingerprint density at radius 2 is 1.82 bits per heavy atom. The molecule has 98 valence electrons. The van der Waals surface area contributed by atoms with Crippen LogP contribution in [0.5, 0.6) is 0 Å². The third kappa shape index (κ3) is 3.67. The lowest BCUT2D eigenvalue weighted by Gasteiger charge is -2.51. The Morgan fingerprint density at radius 3 is 2.29 bits per heavy atom. The standard InChI is InChI=1S/C13H24N2O2/c1-12(2)9-11(17-8-6-7-14-5)10-13(3,4)15(12)16/h11,16H,6-10H2,1-4H3. The number of rotatable bonds is 4. The van der Waals surface area contributed by atoms with Crippen molar-refractivity contribution in [3.63, 3.8) is 0 Å². The van der Waals surface area contributed by atoms with Gasteiger partial charge in [0.05, 0.1) is 12.7 Å². The van der Waals surface area contributed by atoms with Crippen molar-refractivity contribution < 1.29 is 9.94 Å². The zero-order valence-electron chi connectivity index (χ0n) is 11.4. The number of hydroxylamine groups is 2. The molecule has 0 spiro atoms. The van der Waals surface area contributed by atoms with E-state index in [0.717, 1.165) is 19.3 Å². The van der Waals surface area contributed by atoms with Gasteiger partial charge >= 0.3 is 0 Å². The summed E-state index contributed by atoms with van der Waals surface area (Å²) in [6, 6.07) is 0. The van der Waals surface area contributed by atoms with Gasteiger partial charge in [0.1, 0.15) is 0 Å². The molecule has 0 unspecified atom stereocenters. The maximum atomic E-state index is 10.1. The molecule has 0 radical (unpaired) electrons. The van der Waals surface area contributed by atoms with Crippen LogP contribution < -0.4 is 0 Å². The number of hydrogen-bond donors (Lipinski definition) is 1. The summed E-state index contributed by atoms with van der Waals surface area (Å²) < 4.78 is 5.82. The minimum absolute atomic E-state index is 0.175. The summed E-state index contributed by atoms with van der Waals surface area (Å²) in [7, 11) is 0. The first-order chi connectivity index (χ1) is 7.79. The largest absolute Gasteiger partial charge is 0.378 e. The van der Waals surface area contributed by atoms with Crippen molar-refractivity contribution in [1.29, 1.82) is 0 Å². The summed E-state index contributed by atoms with van der Waals surface area (Å²) in [5.41, 5.74) is -0.515. The number of nitrogens with zero attached hydrogens (tertiary/aromatic N) is 2. The lowest BCUT2D eigenvalue weighted by Crippen LogP contribution is -2.60.